The Hall–Kier alpha value is -0.770. The van der Waals surface area contributed by atoms with Gasteiger partial charge in [0.2, 0.25) is 0 Å². The van der Waals surface area contributed by atoms with Gasteiger partial charge in [-0.15, -0.1) is 0 Å². The molecule has 0 amide bonds. The zero-order valence-electron chi connectivity index (χ0n) is 11.4. The van der Waals surface area contributed by atoms with E-state index in [-0.39, 0.29) is 11.5 Å². The molecule has 2 atom stereocenters. The van der Waals surface area contributed by atoms with Gasteiger partial charge in [0, 0.05) is 35.0 Å². The van der Waals surface area contributed by atoms with Gasteiger partial charge in [-0.25, -0.2) is 0 Å². The molecule has 1 saturated carbocycles. The van der Waals surface area contributed by atoms with Crippen LogP contribution < -0.4 is 10.1 Å². The average molecular weight is 282 g/mol. The summed E-state index contributed by atoms with van der Waals surface area (Å²) in [6.45, 7) is 5.68. The van der Waals surface area contributed by atoms with Crippen molar-refractivity contribution in [2.24, 2.45) is 5.41 Å². The second-order valence-corrected chi connectivity index (χ2v) is 6.59. The van der Waals surface area contributed by atoms with Crippen molar-refractivity contribution >= 4 is 11.6 Å². The van der Waals surface area contributed by atoms with Crippen LogP contribution in [0.2, 0.25) is 5.02 Å². The summed E-state index contributed by atoms with van der Waals surface area (Å²) in [4.78, 5) is 0. The molecular formula is C15H20ClNO2. The van der Waals surface area contributed by atoms with Gasteiger partial charge in [0.1, 0.15) is 5.75 Å². The number of ether oxygens (including phenoxy) is 1. The van der Waals surface area contributed by atoms with Crippen LogP contribution in [0.25, 0.3) is 0 Å². The molecule has 0 radical (unpaired) electrons. The van der Waals surface area contributed by atoms with Gasteiger partial charge >= 0.3 is 0 Å². The maximum absolute atomic E-state index is 9.76. The lowest BCUT2D eigenvalue weighted by molar-refractivity contribution is -0.0730. The number of hydrogen-bond acceptors (Lipinski definition) is 3. The predicted molar refractivity (Wildman–Crippen MR) is 75.7 cm³/mol. The monoisotopic (exact) mass is 281 g/mol. The standard InChI is InChI=1S/C15H20ClNO2/c1-15(2)12(7-13(15)18)17-8-10-6-11(16)5-9-3-4-19-14(9)10/h5-6,12-13,17-18H,3-4,7-8H2,1-2H3. The zero-order chi connectivity index (χ0) is 13.6. The molecule has 1 fully saturated rings. The van der Waals surface area contributed by atoms with E-state index in [4.69, 9.17) is 16.3 Å². The third-order valence-corrected chi connectivity index (χ3v) is 4.80. The van der Waals surface area contributed by atoms with Crippen molar-refractivity contribution < 1.29 is 9.84 Å². The van der Waals surface area contributed by atoms with Crippen LogP contribution >= 0.6 is 11.6 Å². The highest BCUT2D eigenvalue weighted by molar-refractivity contribution is 6.30. The summed E-state index contributed by atoms with van der Waals surface area (Å²) < 4.78 is 5.69. The Morgan fingerprint density at radius 2 is 2.26 bits per heavy atom. The minimum Gasteiger partial charge on any atom is -0.493 e. The maximum atomic E-state index is 9.76. The van der Waals surface area contributed by atoms with Gasteiger partial charge in [-0.3, -0.25) is 0 Å². The smallest absolute Gasteiger partial charge is 0.127 e. The molecular weight excluding hydrogens is 262 g/mol. The van der Waals surface area contributed by atoms with E-state index < -0.39 is 0 Å². The minimum atomic E-state index is -0.202. The minimum absolute atomic E-state index is 0.0530. The molecule has 2 aliphatic rings. The van der Waals surface area contributed by atoms with E-state index in [1.807, 2.05) is 12.1 Å². The van der Waals surface area contributed by atoms with Crippen LogP contribution in [0.4, 0.5) is 0 Å². The summed E-state index contributed by atoms with van der Waals surface area (Å²) in [6, 6.07) is 4.31. The van der Waals surface area contributed by atoms with E-state index in [0.717, 1.165) is 42.3 Å². The number of fused-ring (bicyclic) bond motifs is 1. The largest absolute Gasteiger partial charge is 0.493 e. The zero-order valence-corrected chi connectivity index (χ0v) is 12.1. The summed E-state index contributed by atoms with van der Waals surface area (Å²) in [5.41, 5.74) is 2.28. The van der Waals surface area contributed by atoms with Gasteiger partial charge in [-0.05, 0) is 24.1 Å². The third-order valence-electron chi connectivity index (χ3n) is 4.58. The van der Waals surface area contributed by atoms with Crippen molar-refractivity contribution in [1.82, 2.24) is 5.32 Å². The highest BCUT2D eigenvalue weighted by Crippen LogP contribution is 2.41. The molecule has 1 aliphatic heterocycles. The predicted octanol–water partition coefficient (Wildman–Crippen LogP) is 2.52. The van der Waals surface area contributed by atoms with E-state index in [2.05, 4.69) is 19.2 Å². The first-order chi connectivity index (χ1) is 8.98. The Kier molecular flexibility index (Phi) is 3.24. The highest BCUT2D eigenvalue weighted by Gasteiger charge is 2.46. The van der Waals surface area contributed by atoms with Gasteiger partial charge in [0.15, 0.2) is 0 Å². The summed E-state index contributed by atoms with van der Waals surface area (Å²) in [5, 5.41) is 14.0. The molecule has 0 bridgehead atoms. The molecule has 3 nitrogen and oxygen atoms in total. The number of nitrogens with one attached hydrogen (secondary N) is 1. The Balaban J connectivity index is 1.71. The van der Waals surface area contributed by atoms with E-state index in [1.54, 1.807) is 0 Å². The highest BCUT2D eigenvalue weighted by atomic mass is 35.5. The molecule has 1 aromatic rings. The Bertz CT molecular complexity index is 501. The van der Waals surface area contributed by atoms with Gasteiger partial charge in [-0.1, -0.05) is 25.4 Å². The molecule has 1 aromatic carbocycles. The lowest BCUT2D eigenvalue weighted by Gasteiger charge is -2.49. The number of benzene rings is 1. The van der Waals surface area contributed by atoms with E-state index in [9.17, 15) is 5.11 Å². The number of rotatable bonds is 3. The van der Waals surface area contributed by atoms with Crippen molar-refractivity contribution in [2.45, 2.75) is 45.4 Å². The van der Waals surface area contributed by atoms with Gasteiger partial charge in [0.05, 0.1) is 12.7 Å². The fourth-order valence-electron chi connectivity index (χ4n) is 2.96. The molecule has 1 heterocycles. The van der Waals surface area contributed by atoms with Crippen molar-refractivity contribution in [3.05, 3.63) is 28.3 Å². The second-order valence-electron chi connectivity index (χ2n) is 6.16. The second kappa shape index (κ2) is 4.65. The molecule has 0 saturated heterocycles. The Morgan fingerprint density at radius 3 is 2.95 bits per heavy atom. The van der Waals surface area contributed by atoms with Crippen LogP contribution in [-0.4, -0.2) is 23.9 Å². The first kappa shape index (κ1) is 13.2. The Morgan fingerprint density at radius 1 is 1.47 bits per heavy atom. The summed E-state index contributed by atoms with van der Waals surface area (Å²) in [5.74, 6) is 0.995. The first-order valence-electron chi connectivity index (χ1n) is 6.84. The molecule has 4 heteroatoms. The van der Waals surface area contributed by atoms with Crippen LogP contribution in [0.3, 0.4) is 0 Å². The molecule has 0 aromatic heterocycles. The molecule has 0 spiro atoms. The van der Waals surface area contributed by atoms with Gasteiger partial charge in [-0.2, -0.15) is 0 Å². The fourth-order valence-corrected chi connectivity index (χ4v) is 3.22. The van der Waals surface area contributed by atoms with E-state index in [1.165, 1.54) is 5.56 Å². The molecule has 104 valence electrons. The topological polar surface area (TPSA) is 41.5 Å². The van der Waals surface area contributed by atoms with E-state index in [0.29, 0.717) is 6.04 Å². The first-order valence-corrected chi connectivity index (χ1v) is 7.22. The summed E-state index contributed by atoms with van der Waals surface area (Å²) in [6.07, 6.45) is 1.55. The molecule has 2 N–H and O–H groups in total. The normalized spacial score (nSPS) is 27.6. The summed E-state index contributed by atoms with van der Waals surface area (Å²) in [7, 11) is 0. The quantitative estimate of drug-likeness (QED) is 0.895. The lowest BCUT2D eigenvalue weighted by Crippen LogP contribution is -2.59. The van der Waals surface area contributed by atoms with Crippen LogP contribution in [0.15, 0.2) is 12.1 Å². The van der Waals surface area contributed by atoms with Gasteiger partial charge < -0.3 is 15.2 Å². The number of aliphatic hydroxyl groups is 1. The SMILES string of the molecule is CC1(C)C(O)CC1NCc1cc(Cl)cc2c1OCC2. The molecule has 1 aliphatic carbocycles. The van der Waals surface area contributed by atoms with Crippen molar-refractivity contribution in [1.29, 1.82) is 0 Å². The molecule has 3 rings (SSSR count). The van der Waals surface area contributed by atoms with Crippen LogP contribution in [0, 0.1) is 5.41 Å². The Labute approximate surface area is 118 Å². The van der Waals surface area contributed by atoms with Crippen molar-refractivity contribution in [3.8, 4) is 5.75 Å². The average Bonchev–Trinajstić information content (AvgIpc) is 2.81. The molecule has 2 unspecified atom stereocenters. The summed E-state index contributed by atoms with van der Waals surface area (Å²) >= 11 is 6.15. The van der Waals surface area contributed by atoms with Crippen molar-refractivity contribution in [3.63, 3.8) is 0 Å². The van der Waals surface area contributed by atoms with Crippen molar-refractivity contribution in [2.75, 3.05) is 6.61 Å². The number of aliphatic hydroxyl groups excluding tert-OH is 1. The lowest BCUT2D eigenvalue weighted by atomic mass is 9.64. The molecule has 19 heavy (non-hydrogen) atoms. The maximum Gasteiger partial charge on any atom is 0.127 e. The number of hydrogen-bond donors (Lipinski definition) is 2. The van der Waals surface area contributed by atoms with Crippen LogP contribution in [-0.2, 0) is 13.0 Å². The van der Waals surface area contributed by atoms with Crippen LogP contribution in [0.5, 0.6) is 5.75 Å². The third kappa shape index (κ3) is 2.24. The van der Waals surface area contributed by atoms with Gasteiger partial charge in [0.25, 0.3) is 0 Å². The van der Waals surface area contributed by atoms with Crippen LogP contribution in [0.1, 0.15) is 31.4 Å². The number of halogens is 1. The van der Waals surface area contributed by atoms with E-state index >= 15 is 0 Å². The fraction of sp³-hybridized carbons (Fsp3) is 0.600.